The average molecular weight is 1460 g/mol. The number of nitrogens with two attached hydrogens (primary N) is 1. The Hall–Kier alpha value is -7.56. The van der Waals surface area contributed by atoms with Gasteiger partial charge in [-0.25, -0.2) is 9.59 Å². The van der Waals surface area contributed by atoms with Crippen LogP contribution in [-0.2, 0) is 64.0 Å². The van der Waals surface area contributed by atoms with Crippen molar-refractivity contribution in [2.45, 2.75) is 239 Å². The number of hydrogen-bond acceptors (Lipinski definition) is 16. The van der Waals surface area contributed by atoms with Crippen molar-refractivity contribution in [2.24, 2.45) is 47.2 Å². The normalized spacial score (nSPS) is 17.7. The summed E-state index contributed by atoms with van der Waals surface area (Å²) in [4.78, 5) is 153. The molecule has 0 bridgehead atoms. The van der Waals surface area contributed by atoms with Gasteiger partial charge in [0.25, 0.3) is 0 Å². The van der Waals surface area contributed by atoms with Crippen LogP contribution in [0.2, 0.25) is 0 Å². The van der Waals surface area contributed by atoms with Crippen LogP contribution in [-0.4, -0.2) is 199 Å². The highest BCUT2D eigenvalue weighted by Crippen LogP contribution is 2.34. The molecule has 0 spiro atoms. The number of aliphatic hydroxyl groups is 1. The van der Waals surface area contributed by atoms with E-state index in [0.29, 0.717) is 49.9 Å². The van der Waals surface area contributed by atoms with Crippen molar-refractivity contribution in [1.82, 2.24) is 40.9 Å². The highest BCUT2D eigenvalue weighted by molar-refractivity contribution is 6.02. The Morgan fingerprint density at radius 2 is 1.34 bits per heavy atom. The summed E-state index contributed by atoms with van der Waals surface area (Å²) in [5.74, 6) is -7.01. The van der Waals surface area contributed by atoms with E-state index >= 15 is 0 Å². The van der Waals surface area contributed by atoms with Crippen LogP contribution >= 0.6 is 0 Å². The number of nitrogens with one attached hydrogen (secondary N) is 5. The molecule has 0 aliphatic carbocycles. The molecule has 2 aromatic carbocycles. The zero-order chi connectivity index (χ0) is 77.0. The second-order valence-electron chi connectivity index (χ2n) is 28.9. The third-order valence-electron chi connectivity index (χ3n) is 20.1. The number of likely N-dealkylation sites (N-methyl/N-ethyl adjacent to an activating group) is 2. The van der Waals surface area contributed by atoms with Crippen LogP contribution in [0.1, 0.15) is 189 Å². The van der Waals surface area contributed by atoms with E-state index in [1.807, 2.05) is 51.1 Å². The number of benzene rings is 2. The number of anilines is 1. The number of halogens is 3. The van der Waals surface area contributed by atoms with Gasteiger partial charge in [0.05, 0.1) is 42.9 Å². The number of alkyl halides is 3. The van der Waals surface area contributed by atoms with E-state index in [4.69, 9.17) is 19.9 Å². The molecule has 2 fully saturated rings. The Morgan fingerprint density at radius 1 is 0.709 bits per heavy atom. The first kappa shape index (κ1) is 87.8. The second-order valence-corrected chi connectivity index (χ2v) is 28.9. The molecule has 103 heavy (non-hydrogen) atoms. The summed E-state index contributed by atoms with van der Waals surface area (Å²) in [6.07, 6.45) is -5.15. The third kappa shape index (κ3) is 27.1. The van der Waals surface area contributed by atoms with Crippen molar-refractivity contribution in [3.8, 4) is 0 Å². The number of carbonyl (C=O) groups excluding carboxylic acids is 11. The first-order valence-electron chi connectivity index (χ1n) is 36.5. The van der Waals surface area contributed by atoms with Crippen molar-refractivity contribution < 1.29 is 85.2 Å². The number of Topliss-reactive ketones (excluding diaryl/α,β-unsaturated/α-hetero) is 2. The number of ketones is 2. The minimum Gasteiger partial charge on any atom is -0.445 e. The van der Waals surface area contributed by atoms with Gasteiger partial charge >= 0.3 is 18.3 Å². The molecule has 10 amide bonds. The summed E-state index contributed by atoms with van der Waals surface area (Å²) in [7, 11) is 6.19. The van der Waals surface area contributed by atoms with Gasteiger partial charge < -0.3 is 61.0 Å². The van der Waals surface area contributed by atoms with Crippen molar-refractivity contribution >= 4 is 70.7 Å². The standard InChI is InChI=1S/C75H117F3N10O15/c1-15-48(8)67(58(101-13)43-63(94)87-40-24-28-55(87)69(102-14)50(10)56(89)41-49(9)68(95)52-25-18-16-19-26-52)86(12)72(98)65(46(4)5)84-71(97)66(47(6)7)85(11)60(91)30-23-38-81-74(100)103-44-51-31-33-54(34-32-51)82-70(96)53(27-22-37-80-73(79)99)42-57(90)64(45(2)3)83-59(75(76,77)78)29-20-17-21-39-88-61(92)35-36-62(88)93/h16,18-19,25-26,31-34,45-50,53,55,58-59,64-69,83,95H,15,17,20-24,27-30,35-44H2,1-14H3,(H,81,100)(H,82,96)(H,84,97)(H3,79,80,99). The number of carbonyl (C=O) groups is 11. The van der Waals surface area contributed by atoms with E-state index in [2.05, 4.69) is 26.6 Å². The number of methoxy groups -OCH3 is 2. The van der Waals surface area contributed by atoms with E-state index in [0.717, 1.165) is 10.5 Å². The molecule has 25 nitrogen and oxygen atoms in total. The van der Waals surface area contributed by atoms with Crippen LogP contribution < -0.4 is 32.3 Å². The fraction of sp³-hybridized carbons (Fsp3) is 0.693. The molecule has 13 unspecified atom stereocenters. The van der Waals surface area contributed by atoms with Gasteiger partial charge in [0.2, 0.25) is 41.4 Å². The molecule has 0 saturated carbocycles. The van der Waals surface area contributed by atoms with Gasteiger partial charge in [0.1, 0.15) is 30.5 Å². The molecule has 2 heterocycles. The van der Waals surface area contributed by atoms with E-state index in [1.54, 1.807) is 77.4 Å². The quantitative estimate of drug-likeness (QED) is 0.0240. The lowest BCUT2D eigenvalue weighted by atomic mass is 9.85. The van der Waals surface area contributed by atoms with Crippen molar-refractivity contribution in [3.63, 3.8) is 0 Å². The molecule has 2 saturated heterocycles. The number of amides is 10. The molecule has 0 aromatic heterocycles. The molecule has 0 radical (unpaired) electrons. The largest absolute Gasteiger partial charge is 0.445 e. The molecule has 578 valence electrons. The average Bonchev–Trinajstić information content (AvgIpc) is 1.80. The fourth-order valence-corrected chi connectivity index (χ4v) is 13.9. The van der Waals surface area contributed by atoms with E-state index in [-0.39, 0.29) is 126 Å². The Kier molecular flexibility index (Phi) is 36.7. The minimum atomic E-state index is -4.72. The van der Waals surface area contributed by atoms with Crippen molar-refractivity contribution in [1.29, 1.82) is 0 Å². The summed E-state index contributed by atoms with van der Waals surface area (Å²) >= 11 is 0. The maximum absolute atomic E-state index is 14.8. The molecule has 2 aliphatic rings. The Labute approximate surface area is 606 Å². The molecular weight excluding hydrogens is 1340 g/mol. The number of urea groups is 1. The van der Waals surface area contributed by atoms with E-state index in [9.17, 15) is 71.0 Å². The van der Waals surface area contributed by atoms with Gasteiger partial charge in [-0.15, -0.1) is 0 Å². The monoisotopic (exact) mass is 1450 g/mol. The van der Waals surface area contributed by atoms with Crippen LogP contribution in [0.5, 0.6) is 0 Å². The van der Waals surface area contributed by atoms with E-state index in [1.165, 1.54) is 38.3 Å². The summed E-state index contributed by atoms with van der Waals surface area (Å²) < 4.78 is 60.8. The van der Waals surface area contributed by atoms with Crippen LogP contribution in [0.3, 0.4) is 0 Å². The Bertz CT molecular complexity index is 3070. The minimum absolute atomic E-state index is 0.0335. The molecule has 13 atom stereocenters. The maximum atomic E-state index is 14.8. The fourth-order valence-electron chi connectivity index (χ4n) is 13.9. The Balaban J connectivity index is 1.30. The van der Waals surface area contributed by atoms with Gasteiger partial charge in [0.15, 0.2) is 5.78 Å². The lowest BCUT2D eigenvalue weighted by molar-refractivity contribution is -0.161. The number of hydrogen-bond donors (Lipinski definition) is 7. The maximum Gasteiger partial charge on any atom is 0.407 e. The highest BCUT2D eigenvalue weighted by Gasteiger charge is 2.45. The summed E-state index contributed by atoms with van der Waals surface area (Å²) in [5, 5.41) is 24.3. The first-order valence-corrected chi connectivity index (χ1v) is 36.5. The van der Waals surface area contributed by atoms with Gasteiger partial charge in [-0.2, -0.15) is 13.2 Å². The zero-order valence-corrected chi connectivity index (χ0v) is 62.9. The van der Waals surface area contributed by atoms with Crippen LogP contribution in [0.15, 0.2) is 54.6 Å². The van der Waals surface area contributed by atoms with Crippen LogP contribution in [0.25, 0.3) is 0 Å². The number of ether oxygens (including phenoxy) is 3. The molecule has 2 aliphatic heterocycles. The SMILES string of the molecule is CCC(C)C(C(CC(=O)N1CCCC1C(OC)C(C)C(=O)CC(C)C(O)c1ccccc1)OC)N(C)C(=O)C(NC(=O)C(C(C)C)N(C)C(=O)CCCNC(=O)OCc1ccc(NC(=O)C(CCCNC(N)=O)CC(=O)C(NC(CCCCCN2C(=O)CCC2=O)C(F)(F)F)C(C)C)cc1)C(C)C. The molecule has 4 rings (SSSR count). The smallest absolute Gasteiger partial charge is 0.407 e. The topological polar surface area (TPSA) is 335 Å². The number of imide groups is 1. The second kappa shape index (κ2) is 43.0. The van der Waals surface area contributed by atoms with E-state index < -0.39 is 138 Å². The number of aliphatic hydroxyl groups excluding tert-OH is 1. The predicted molar refractivity (Wildman–Crippen MR) is 383 cm³/mol. The molecule has 8 N–H and O–H groups in total. The number of primary amides is 1. The molecule has 2 aromatic rings. The predicted octanol–water partition coefficient (Wildman–Crippen LogP) is 8.78. The number of alkyl carbamates (subject to hydrolysis) is 1. The zero-order valence-electron chi connectivity index (χ0n) is 62.9. The van der Waals surface area contributed by atoms with Gasteiger partial charge in [0, 0.05) is 104 Å². The van der Waals surface area contributed by atoms with Crippen LogP contribution in [0.4, 0.5) is 28.4 Å². The number of nitrogens with zero attached hydrogens (tertiary/aromatic N) is 4. The molecule has 28 heteroatoms. The highest BCUT2D eigenvalue weighted by atomic mass is 19.4. The van der Waals surface area contributed by atoms with Gasteiger partial charge in [-0.05, 0) is 97.8 Å². The lowest BCUT2D eigenvalue weighted by Gasteiger charge is -2.41. The lowest BCUT2D eigenvalue weighted by Crippen LogP contribution is -2.60. The number of likely N-dealkylation sites (tertiary alicyclic amines) is 2. The summed E-state index contributed by atoms with van der Waals surface area (Å²) in [6, 6.07) is 8.25. The van der Waals surface area contributed by atoms with Crippen LogP contribution in [0, 0.1) is 41.4 Å². The Morgan fingerprint density at radius 3 is 1.91 bits per heavy atom. The van der Waals surface area contributed by atoms with Crippen molar-refractivity contribution in [3.05, 3.63) is 65.7 Å². The third-order valence-corrected chi connectivity index (χ3v) is 20.1. The van der Waals surface area contributed by atoms with Gasteiger partial charge in [-0.1, -0.05) is 131 Å². The summed E-state index contributed by atoms with van der Waals surface area (Å²) in [5.41, 5.74) is 6.77. The van der Waals surface area contributed by atoms with Crippen molar-refractivity contribution in [2.75, 3.05) is 59.8 Å². The number of unbranched alkanes of at least 4 members (excludes halogenated alkanes) is 2. The molecular formula is C75H117F3N10O15. The summed E-state index contributed by atoms with van der Waals surface area (Å²) in [6.45, 7) is 18.5. The van der Waals surface area contributed by atoms with Gasteiger partial charge in [-0.3, -0.25) is 53.4 Å². The first-order chi connectivity index (χ1) is 48.6. The number of rotatable bonds is 45.